The first-order valence-corrected chi connectivity index (χ1v) is 9.23. The van der Waals surface area contributed by atoms with Gasteiger partial charge in [0.05, 0.1) is 6.54 Å². The van der Waals surface area contributed by atoms with E-state index in [9.17, 15) is 19.8 Å². The van der Waals surface area contributed by atoms with Gasteiger partial charge in [-0.05, 0) is 11.1 Å². The van der Waals surface area contributed by atoms with E-state index in [0.717, 1.165) is 17.2 Å². The summed E-state index contributed by atoms with van der Waals surface area (Å²) in [5.74, 6) is -1.27. The molecule has 0 saturated heterocycles. The number of amides is 1. The van der Waals surface area contributed by atoms with Gasteiger partial charge in [-0.3, -0.25) is 4.79 Å². The van der Waals surface area contributed by atoms with Crippen molar-refractivity contribution in [2.75, 3.05) is 6.54 Å². The van der Waals surface area contributed by atoms with Crippen molar-refractivity contribution in [3.63, 3.8) is 0 Å². The average molecular weight is 407 g/mol. The van der Waals surface area contributed by atoms with Crippen LogP contribution in [-0.4, -0.2) is 28.6 Å². The highest BCUT2D eigenvalue weighted by Crippen LogP contribution is 2.33. The van der Waals surface area contributed by atoms with E-state index in [0.29, 0.717) is 0 Å². The minimum Gasteiger partial charge on any atom is -0.508 e. The number of phenolic OH excluding ortho intramolecular Hbond substituents is 2. The van der Waals surface area contributed by atoms with Gasteiger partial charge in [-0.25, -0.2) is 4.79 Å². The summed E-state index contributed by atoms with van der Waals surface area (Å²) >= 11 is 0. The number of phenols is 2. The summed E-state index contributed by atoms with van der Waals surface area (Å²) in [5, 5.41) is 22.3. The Kier molecular flexibility index (Phi) is 6.89. The lowest BCUT2D eigenvalue weighted by Crippen LogP contribution is -2.30. The van der Waals surface area contributed by atoms with E-state index >= 15 is 0 Å². The van der Waals surface area contributed by atoms with Gasteiger partial charge in [0, 0.05) is 12.1 Å². The van der Waals surface area contributed by atoms with E-state index in [1.807, 2.05) is 60.7 Å². The maximum absolute atomic E-state index is 12.6. The summed E-state index contributed by atoms with van der Waals surface area (Å²) in [6.07, 6.45) is -0.766. The molecule has 0 fully saturated rings. The molecule has 0 aliphatic rings. The van der Waals surface area contributed by atoms with E-state index in [4.69, 9.17) is 9.47 Å². The predicted octanol–water partition coefficient (Wildman–Crippen LogP) is 3.79. The number of aromatic hydroxyl groups is 2. The van der Waals surface area contributed by atoms with Crippen molar-refractivity contribution in [2.45, 2.75) is 13.2 Å². The Morgan fingerprint density at radius 3 is 2.07 bits per heavy atom. The van der Waals surface area contributed by atoms with Crippen molar-refractivity contribution in [3.8, 4) is 17.2 Å². The summed E-state index contributed by atoms with van der Waals surface area (Å²) in [6, 6.07) is 20.6. The first kappa shape index (κ1) is 20.7. The standard InChI is InChI=1S/C23H21NO6/c25-18-11-19(26)22(21(12-18)29-14-16-7-3-1-4-8-16)20(27)13-24-23(28)30-15-17-9-5-2-6-10-17/h1-12,25-26H,13-15H2,(H,24,28). The van der Waals surface area contributed by atoms with Gasteiger partial charge in [-0.2, -0.15) is 0 Å². The molecule has 0 aliphatic heterocycles. The van der Waals surface area contributed by atoms with Crippen LogP contribution in [0.5, 0.6) is 17.2 Å². The second-order valence-electron chi connectivity index (χ2n) is 6.45. The minimum atomic E-state index is -0.766. The minimum absolute atomic E-state index is 0.0146. The second kappa shape index (κ2) is 9.97. The van der Waals surface area contributed by atoms with Crippen molar-refractivity contribution >= 4 is 11.9 Å². The third-order valence-corrected chi connectivity index (χ3v) is 4.19. The fourth-order valence-corrected chi connectivity index (χ4v) is 2.73. The molecule has 0 saturated carbocycles. The molecule has 3 rings (SSSR count). The predicted molar refractivity (Wildman–Crippen MR) is 110 cm³/mol. The largest absolute Gasteiger partial charge is 0.508 e. The summed E-state index contributed by atoms with van der Waals surface area (Å²) in [4.78, 5) is 24.5. The third kappa shape index (κ3) is 5.75. The van der Waals surface area contributed by atoms with Crippen molar-refractivity contribution in [1.82, 2.24) is 5.32 Å². The molecule has 0 unspecified atom stereocenters. The van der Waals surface area contributed by atoms with Gasteiger partial charge in [-0.1, -0.05) is 60.7 Å². The molecular formula is C23H21NO6. The van der Waals surface area contributed by atoms with E-state index < -0.39 is 24.2 Å². The Bertz CT molecular complexity index is 1000. The van der Waals surface area contributed by atoms with Crippen molar-refractivity contribution < 1.29 is 29.3 Å². The Hall–Kier alpha value is -4.00. The maximum atomic E-state index is 12.6. The molecule has 7 nitrogen and oxygen atoms in total. The summed E-state index contributed by atoms with van der Waals surface area (Å²) in [7, 11) is 0. The second-order valence-corrected chi connectivity index (χ2v) is 6.45. The zero-order chi connectivity index (χ0) is 21.3. The first-order chi connectivity index (χ1) is 14.5. The number of alkyl carbamates (subject to hydrolysis) is 1. The maximum Gasteiger partial charge on any atom is 0.407 e. The zero-order valence-corrected chi connectivity index (χ0v) is 16.1. The SMILES string of the molecule is O=C(NCC(=O)c1c(O)cc(O)cc1OCc1ccccc1)OCc1ccccc1. The topological polar surface area (TPSA) is 105 Å². The van der Waals surface area contributed by atoms with Crippen LogP contribution >= 0.6 is 0 Å². The molecule has 0 aliphatic carbocycles. The number of benzene rings is 3. The molecule has 0 heterocycles. The van der Waals surface area contributed by atoms with Crippen LogP contribution in [0.1, 0.15) is 21.5 Å². The van der Waals surface area contributed by atoms with Crippen LogP contribution in [-0.2, 0) is 18.0 Å². The highest BCUT2D eigenvalue weighted by atomic mass is 16.5. The summed E-state index contributed by atoms with van der Waals surface area (Å²) in [5.41, 5.74) is 1.53. The van der Waals surface area contributed by atoms with Crippen LogP contribution in [0.2, 0.25) is 0 Å². The van der Waals surface area contributed by atoms with Crippen LogP contribution in [0.15, 0.2) is 72.8 Å². The molecule has 3 aromatic rings. The molecule has 0 spiro atoms. The van der Waals surface area contributed by atoms with Crippen LogP contribution in [0.4, 0.5) is 4.79 Å². The van der Waals surface area contributed by atoms with E-state index in [1.165, 1.54) is 6.07 Å². The molecule has 0 bridgehead atoms. The van der Waals surface area contributed by atoms with Gasteiger partial charge in [0.2, 0.25) is 0 Å². The van der Waals surface area contributed by atoms with Gasteiger partial charge < -0.3 is 25.0 Å². The quantitative estimate of drug-likeness (QED) is 0.491. The van der Waals surface area contributed by atoms with Crippen LogP contribution < -0.4 is 10.1 Å². The molecule has 30 heavy (non-hydrogen) atoms. The molecule has 1 amide bonds. The van der Waals surface area contributed by atoms with E-state index in [-0.39, 0.29) is 30.3 Å². The van der Waals surface area contributed by atoms with E-state index in [2.05, 4.69) is 5.32 Å². The molecule has 0 radical (unpaired) electrons. The Labute approximate surface area is 173 Å². The molecule has 7 heteroatoms. The Morgan fingerprint density at radius 2 is 1.43 bits per heavy atom. The number of ether oxygens (including phenoxy) is 2. The highest BCUT2D eigenvalue weighted by molar-refractivity contribution is 6.03. The number of ketones is 1. The number of carbonyl (C=O) groups excluding carboxylic acids is 2. The summed E-state index contributed by atoms with van der Waals surface area (Å²) in [6.45, 7) is -0.207. The van der Waals surface area contributed by atoms with Gasteiger partial charge >= 0.3 is 6.09 Å². The number of hydrogen-bond acceptors (Lipinski definition) is 6. The fourth-order valence-electron chi connectivity index (χ4n) is 2.73. The normalized spacial score (nSPS) is 10.3. The number of carbonyl (C=O) groups is 2. The van der Waals surface area contributed by atoms with Gasteiger partial charge in [-0.15, -0.1) is 0 Å². The van der Waals surface area contributed by atoms with Gasteiger partial charge in [0.15, 0.2) is 5.78 Å². The number of nitrogens with one attached hydrogen (secondary N) is 1. The Balaban J connectivity index is 1.62. The third-order valence-electron chi connectivity index (χ3n) is 4.19. The number of Topliss-reactive ketones (excluding diaryl/α,β-unsaturated/α-hetero) is 1. The summed E-state index contributed by atoms with van der Waals surface area (Å²) < 4.78 is 10.7. The number of rotatable bonds is 8. The lowest BCUT2D eigenvalue weighted by Gasteiger charge is -2.13. The van der Waals surface area contributed by atoms with Crippen LogP contribution in [0, 0.1) is 0 Å². The van der Waals surface area contributed by atoms with Crippen molar-refractivity contribution in [2.24, 2.45) is 0 Å². The molecule has 3 N–H and O–H groups in total. The van der Waals surface area contributed by atoms with Crippen LogP contribution in [0.3, 0.4) is 0 Å². The van der Waals surface area contributed by atoms with E-state index in [1.54, 1.807) is 0 Å². The molecule has 0 aromatic heterocycles. The molecule has 3 aromatic carbocycles. The number of hydrogen-bond donors (Lipinski definition) is 3. The fraction of sp³-hybridized carbons (Fsp3) is 0.130. The lowest BCUT2D eigenvalue weighted by molar-refractivity contribution is 0.0967. The highest BCUT2D eigenvalue weighted by Gasteiger charge is 2.20. The smallest absolute Gasteiger partial charge is 0.407 e. The van der Waals surface area contributed by atoms with Gasteiger partial charge in [0.25, 0.3) is 0 Å². The van der Waals surface area contributed by atoms with Crippen molar-refractivity contribution in [1.29, 1.82) is 0 Å². The van der Waals surface area contributed by atoms with Crippen molar-refractivity contribution in [3.05, 3.63) is 89.5 Å². The first-order valence-electron chi connectivity index (χ1n) is 9.23. The Morgan fingerprint density at radius 1 is 0.833 bits per heavy atom. The monoisotopic (exact) mass is 407 g/mol. The van der Waals surface area contributed by atoms with Crippen LogP contribution in [0.25, 0.3) is 0 Å². The molecule has 0 atom stereocenters. The lowest BCUT2D eigenvalue weighted by atomic mass is 10.1. The average Bonchev–Trinajstić information content (AvgIpc) is 2.75. The zero-order valence-electron chi connectivity index (χ0n) is 16.1. The molecular weight excluding hydrogens is 386 g/mol. The van der Waals surface area contributed by atoms with Gasteiger partial charge in [0.1, 0.15) is 36.0 Å². The molecule has 154 valence electrons.